The summed E-state index contributed by atoms with van der Waals surface area (Å²) < 4.78 is 7.27. The molecule has 23 heavy (non-hydrogen) atoms. The minimum Gasteiger partial charge on any atom is -0.487 e. The summed E-state index contributed by atoms with van der Waals surface area (Å²) in [7, 11) is 1.78. The van der Waals surface area contributed by atoms with E-state index in [1.54, 1.807) is 41.8 Å². The third-order valence-corrected chi connectivity index (χ3v) is 3.56. The van der Waals surface area contributed by atoms with Gasteiger partial charge in [0.2, 0.25) is 0 Å². The van der Waals surface area contributed by atoms with E-state index < -0.39 is 0 Å². The predicted octanol–water partition coefficient (Wildman–Crippen LogP) is 3.10. The molecule has 0 radical (unpaired) electrons. The van der Waals surface area contributed by atoms with Gasteiger partial charge >= 0.3 is 6.03 Å². The minimum absolute atomic E-state index is 0.338. The van der Waals surface area contributed by atoms with Crippen molar-refractivity contribution in [2.45, 2.75) is 6.61 Å². The van der Waals surface area contributed by atoms with E-state index in [-0.39, 0.29) is 6.03 Å². The van der Waals surface area contributed by atoms with Gasteiger partial charge in [0.05, 0.1) is 23.1 Å². The Bertz CT molecular complexity index is 785. The highest BCUT2D eigenvalue weighted by atomic mass is 32.1. The van der Waals surface area contributed by atoms with Crippen LogP contribution in [-0.4, -0.2) is 20.8 Å². The molecule has 0 aliphatic rings. The largest absolute Gasteiger partial charge is 0.487 e. The second-order valence-corrected chi connectivity index (χ2v) is 5.50. The van der Waals surface area contributed by atoms with Crippen molar-refractivity contribution in [3.8, 4) is 5.75 Å². The van der Waals surface area contributed by atoms with Gasteiger partial charge in [-0.25, -0.2) is 9.78 Å². The number of thiazole rings is 1. The predicted molar refractivity (Wildman–Crippen MR) is 88.7 cm³/mol. The Morgan fingerprint density at radius 1 is 1.35 bits per heavy atom. The molecule has 7 nitrogen and oxygen atoms in total. The molecule has 2 amide bonds. The molecule has 0 saturated heterocycles. The van der Waals surface area contributed by atoms with Gasteiger partial charge in [-0.1, -0.05) is 6.07 Å². The fourth-order valence-electron chi connectivity index (χ4n) is 1.91. The second kappa shape index (κ2) is 6.93. The SMILES string of the molecule is Cn1cc(NC(=O)Nc2cccc(OCc3cscn3)c2)cn1. The zero-order chi connectivity index (χ0) is 16.1. The highest BCUT2D eigenvalue weighted by Gasteiger charge is 2.05. The standard InChI is InChI=1S/C15H15N5O2S/c1-20-7-12(6-17-20)19-15(21)18-11-3-2-4-14(5-11)22-8-13-9-23-10-16-13/h2-7,9-10H,8H2,1H3,(H2,18,19,21). The number of urea groups is 1. The lowest BCUT2D eigenvalue weighted by Gasteiger charge is -2.09. The Morgan fingerprint density at radius 2 is 2.22 bits per heavy atom. The Hall–Kier alpha value is -2.87. The molecule has 0 unspecified atom stereocenters. The normalized spacial score (nSPS) is 10.3. The molecular formula is C15H15N5O2S. The summed E-state index contributed by atoms with van der Waals surface area (Å²) in [5.74, 6) is 0.664. The van der Waals surface area contributed by atoms with Gasteiger partial charge < -0.3 is 15.4 Å². The number of benzene rings is 1. The van der Waals surface area contributed by atoms with Gasteiger partial charge in [0, 0.05) is 30.4 Å². The third-order valence-electron chi connectivity index (χ3n) is 2.92. The topological polar surface area (TPSA) is 81.1 Å². The number of carbonyl (C=O) groups is 1. The lowest BCUT2D eigenvalue weighted by molar-refractivity contribution is 0.262. The molecule has 8 heteroatoms. The van der Waals surface area contributed by atoms with Crippen molar-refractivity contribution in [3.63, 3.8) is 0 Å². The Balaban J connectivity index is 1.57. The van der Waals surface area contributed by atoms with E-state index in [2.05, 4.69) is 20.7 Å². The molecule has 2 N–H and O–H groups in total. The van der Waals surface area contributed by atoms with Crippen LogP contribution in [0.1, 0.15) is 5.69 Å². The summed E-state index contributed by atoms with van der Waals surface area (Å²) in [5.41, 5.74) is 3.91. The molecule has 0 aliphatic carbocycles. The van der Waals surface area contributed by atoms with Gasteiger partial charge in [0.25, 0.3) is 0 Å². The van der Waals surface area contributed by atoms with Crippen LogP contribution in [-0.2, 0) is 13.7 Å². The number of aryl methyl sites for hydroxylation is 1. The summed E-state index contributed by atoms with van der Waals surface area (Å²) in [6, 6.07) is 6.86. The number of ether oxygens (including phenoxy) is 1. The maximum Gasteiger partial charge on any atom is 0.323 e. The van der Waals surface area contributed by atoms with Crippen LogP contribution >= 0.6 is 11.3 Å². The first-order chi connectivity index (χ1) is 11.2. The molecule has 1 aromatic carbocycles. The molecule has 2 heterocycles. The van der Waals surface area contributed by atoms with Crippen LogP contribution in [0.4, 0.5) is 16.2 Å². The van der Waals surface area contributed by atoms with Crippen LogP contribution in [0.3, 0.4) is 0 Å². The van der Waals surface area contributed by atoms with E-state index in [9.17, 15) is 4.79 Å². The van der Waals surface area contributed by atoms with Crippen LogP contribution in [0, 0.1) is 0 Å². The molecule has 0 atom stereocenters. The van der Waals surface area contributed by atoms with Gasteiger partial charge in [-0.3, -0.25) is 4.68 Å². The zero-order valence-electron chi connectivity index (χ0n) is 12.4. The maximum atomic E-state index is 11.9. The van der Waals surface area contributed by atoms with E-state index in [0.717, 1.165) is 5.69 Å². The molecule has 0 spiro atoms. The minimum atomic E-state index is -0.338. The Morgan fingerprint density at radius 3 is 2.96 bits per heavy atom. The Labute approximate surface area is 136 Å². The first-order valence-electron chi connectivity index (χ1n) is 6.85. The fraction of sp³-hybridized carbons (Fsp3) is 0.133. The summed E-state index contributed by atoms with van der Waals surface area (Å²) in [4.78, 5) is 16.1. The lowest BCUT2D eigenvalue weighted by atomic mass is 10.3. The number of hydrogen-bond acceptors (Lipinski definition) is 5. The molecule has 0 saturated carbocycles. The van der Waals surface area contributed by atoms with Gasteiger partial charge in [0.15, 0.2) is 0 Å². The summed E-state index contributed by atoms with van der Waals surface area (Å²) in [5, 5.41) is 11.4. The van der Waals surface area contributed by atoms with Crippen molar-refractivity contribution in [2.75, 3.05) is 10.6 Å². The van der Waals surface area contributed by atoms with Crippen molar-refractivity contribution >= 4 is 28.7 Å². The summed E-state index contributed by atoms with van der Waals surface area (Å²) >= 11 is 1.53. The van der Waals surface area contributed by atoms with E-state index in [0.29, 0.717) is 23.7 Å². The quantitative estimate of drug-likeness (QED) is 0.753. The number of aromatic nitrogens is 3. The monoisotopic (exact) mass is 329 g/mol. The number of hydrogen-bond donors (Lipinski definition) is 2. The first kappa shape index (κ1) is 15.0. The number of amides is 2. The van der Waals surface area contributed by atoms with Crippen molar-refractivity contribution in [3.05, 3.63) is 53.2 Å². The van der Waals surface area contributed by atoms with E-state index >= 15 is 0 Å². The highest BCUT2D eigenvalue weighted by Crippen LogP contribution is 2.19. The third kappa shape index (κ3) is 4.30. The second-order valence-electron chi connectivity index (χ2n) is 4.78. The van der Waals surface area contributed by atoms with Crippen molar-refractivity contribution in [1.82, 2.24) is 14.8 Å². The molecule has 118 valence electrons. The average Bonchev–Trinajstić information content (AvgIpc) is 3.17. The molecule has 0 bridgehead atoms. The molecule has 0 fully saturated rings. The summed E-state index contributed by atoms with van der Waals surface area (Å²) in [6.45, 7) is 0.398. The highest BCUT2D eigenvalue weighted by molar-refractivity contribution is 7.07. The molecule has 3 aromatic rings. The van der Waals surface area contributed by atoms with Crippen LogP contribution in [0.5, 0.6) is 5.75 Å². The van der Waals surface area contributed by atoms with Gasteiger partial charge in [-0.2, -0.15) is 5.10 Å². The lowest BCUT2D eigenvalue weighted by Crippen LogP contribution is -2.19. The average molecular weight is 329 g/mol. The molecule has 0 aliphatic heterocycles. The van der Waals surface area contributed by atoms with Gasteiger partial charge in [0.1, 0.15) is 12.4 Å². The van der Waals surface area contributed by atoms with Crippen LogP contribution in [0.2, 0.25) is 0 Å². The van der Waals surface area contributed by atoms with E-state index in [1.807, 2.05) is 17.5 Å². The van der Waals surface area contributed by atoms with Crippen LogP contribution < -0.4 is 15.4 Å². The molecule has 2 aromatic heterocycles. The zero-order valence-corrected chi connectivity index (χ0v) is 13.2. The first-order valence-corrected chi connectivity index (χ1v) is 7.80. The van der Waals surface area contributed by atoms with E-state index in [1.165, 1.54) is 11.3 Å². The van der Waals surface area contributed by atoms with Gasteiger partial charge in [-0.15, -0.1) is 11.3 Å². The number of carbonyl (C=O) groups excluding carboxylic acids is 1. The molecular weight excluding hydrogens is 314 g/mol. The summed E-state index contributed by atoms with van der Waals surface area (Å²) in [6.07, 6.45) is 3.29. The maximum absolute atomic E-state index is 11.9. The fourth-order valence-corrected chi connectivity index (χ4v) is 2.45. The number of rotatable bonds is 5. The van der Waals surface area contributed by atoms with Crippen LogP contribution in [0.15, 0.2) is 47.5 Å². The molecule has 3 rings (SSSR count). The number of nitrogens with zero attached hydrogens (tertiary/aromatic N) is 3. The van der Waals surface area contributed by atoms with Crippen molar-refractivity contribution in [1.29, 1.82) is 0 Å². The van der Waals surface area contributed by atoms with Crippen LogP contribution in [0.25, 0.3) is 0 Å². The van der Waals surface area contributed by atoms with Crippen molar-refractivity contribution in [2.24, 2.45) is 7.05 Å². The van der Waals surface area contributed by atoms with Gasteiger partial charge in [-0.05, 0) is 12.1 Å². The smallest absolute Gasteiger partial charge is 0.323 e. The number of anilines is 2. The Kier molecular flexibility index (Phi) is 4.53. The number of nitrogens with one attached hydrogen (secondary N) is 2. The van der Waals surface area contributed by atoms with E-state index in [4.69, 9.17) is 4.74 Å². The van der Waals surface area contributed by atoms with Crippen molar-refractivity contribution < 1.29 is 9.53 Å².